The third-order valence-corrected chi connectivity index (χ3v) is 4.76. The van der Waals surface area contributed by atoms with Crippen LogP contribution in [0.2, 0.25) is 0 Å². The minimum atomic E-state index is -3.54. The quantitative estimate of drug-likeness (QED) is 0.731. The van der Waals surface area contributed by atoms with Crippen LogP contribution in [0.5, 0.6) is 0 Å². The van der Waals surface area contributed by atoms with Crippen LogP contribution in [-0.4, -0.2) is 26.9 Å². The van der Waals surface area contributed by atoms with Gasteiger partial charge in [0, 0.05) is 19.0 Å². The maximum absolute atomic E-state index is 12.0. The van der Waals surface area contributed by atoms with E-state index in [0.29, 0.717) is 5.92 Å². The van der Waals surface area contributed by atoms with Crippen molar-refractivity contribution in [2.24, 2.45) is 5.92 Å². The van der Waals surface area contributed by atoms with Crippen LogP contribution in [0.1, 0.15) is 40.0 Å². The smallest absolute Gasteiger partial charge is 0.240 e. The summed E-state index contributed by atoms with van der Waals surface area (Å²) >= 11 is 0. The lowest BCUT2D eigenvalue weighted by Crippen LogP contribution is -2.35. The molecular weight excluding hydrogens is 300 g/mol. The molecule has 5 nitrogen and oxygen atoms in total. The molecule has 0 spiro atoms. The Bertz CT molecular complexity index is 556. The molecule has 0 aromatic heterocycles. The largest absolute Gasteiger partial charge is 0.354 e. The maximum Gasteiger partial charge on any atom is 0.240 e. The Morgan fingerprint density at radius 3 is 2.32 bits per heavy atom. The van der Waals surface area contributed by atoms with Crippen LogP contribution in [0.3, 0.4) is 0 Å². The van der Waals surface area contributed by atoms with Gasteiger partial charge in [0.05, 0.1) is 4.90 Å². The Morgan fingerprint density at radius 1 is 1.09 bits per heavy atom. The predicted octanol–water partition coefficient (Wildman–Crippen LogP) is 2.30. The monoisotopic (exact) mass is 326 g/mol. The molecule has 6 heteroatoms. The van der Waals surface area contributed by atoms with Gasteiger partial charge >= 0.3 is 0 Å². The number of rotatable bonds is 9. The van der Waals surface area contributed by atoms with E-state index in [2.05, 4.69) is 23.9 Å². The molecule has 0 radical (unpaired) electrons. The third-order valence-electron chi connectivity index (χ3n) is 3.28. The van der Waals surface area contributed by atoms with E-state index < -0.39 is 10.0 Å². The summed E-state index contributed by atoms with van der Waals surface area (Å²) in [5.41, 5.74) is 0. The molecule has 0 saturated heterocycles. The zero-order valence-electron chi connectivity index (χ0n) is 13.5. The molecule has 0 aliphatic heterocycles. The Kier molecular flexibility index (Phi) is 7.55. The van der Waals surface area contributed by atoms with Gasteiger partial charge in [0.25, 0.3) is 0 Å². The average molecular weight is 326 g/mol. The Morgan fingerprint density at radius 2 is 1.73 bits per heavy atom. The number of carbonyl (C=O) groups excluding carboxylic acids is 1. The molecule has 0 aliphatic carbocycles. The summed E-state index contributed by atoms with van der Waals surface area (Å²) in [7, 11) is -3.54. The molecule has 1 aromatic rings. The first-order chi connectivity index (χ1) is 10.3. The fraction of sp³-hybridized carbons (Fsp3) is 0.562. The summed E-state index contributed by atoms with van der Waals surface area (Å²) in [6, 6.07) is 8.24. The van der Waals surface area contributed by atoms with E-state index in [4.69, 9.17) is 0 Å². The third kappa shape index (κ3) is 7.04. The summed E-state index contributed by atoms with van der Waals surface area (Å²) in [4.78, 5) is 12.0. The van der Waals surface area contributed by atoms with E-state index >= 15 is 0 Å². The molecule has 1 unspecified atom stereocenters. The molecule has 124 valence electrons. The van der Waals surface area contributed by atoms with Crippen molar-refractivity contribution in [2.45, 2.75) is 51.0 Å². The molecule has 0 heterocycles. The Labute approximate surface area is 133 Å². The molecule has 0 bridgehead atoms. The van der Waals surface area contributed by atoms with E-state index in [0.717, 1.165) is 12.8 Å². The predicted molar refractivity (Wildman–Crippen MR) is 87.9 cm³/mol. The number of benzene rings is 1. The van der Waals surface area contributed by atoms with Crippen LogP contribution in [-0.2, 0) is 14.8 Å². The highest BCUT2D eigenvalue weighted by molar-refractivity contribution is 7.89. The summed E-state index contributed by atoms with van der Waals surface area (Å²) in [5, 5.41) is 2.89. The topological polar surface area (TPSA) is 75.3 Å². The molecule has 1 atom stereocenters. The van der Waals surface area contributed by atoms with Crippen LogP contribution < -0.4 is 10.0 Å². The standard InChI is InChI=1S/C16H26N2O3S/c1-13(2)9-10-14(3)18-16(19)11-12-17-22(20,21)15-7-5-4-6-8-15/h4-8,13-14,17H,9-12H2,1-3H3,(H,18,19). The molecule has 1 amide bonds. The lowest BCUT2D eigenvalue weighted by Gasteiger charge is -2.15. The van der Waals surface area contributed by atoms with Gasteiger partial charge in [-0.05, 0) is 37.8 Å². The van der Waals surface area contributed by atoms with Crippen LogP contribution in [0.15, 0.2) is 35.2 Å². The number of carbonyl (C=O) groups is 1. The van der Waals surface area contributed by atoms with Gasteiger partial charge < -0.3 is 5.32 Å². The fourth-order valence-electron chi connectivity index (χ4n) is 1.98. The van der Waals surface area contributed by atoms with E-state index in [1.54, 1.807) is 18.2 Å². The van der Waals surface area contributed by atoms with E-state index in [9.17, 15) is 13.2 Å². The van der Waals surface area contributed by atoms with Crippen molar-refractivity contribution in [3.8, 4) is 0 Å². The number of sulfonamides is 1. The lowest BCUT2D eigenvalue weighted by molar-refractivity contribution is -0.121. The molecular formula is C16H26N2O3S. The van der Waals surface area contributed by atoms with Crippen LogP contribution in [0.4, 0.5) is 0 Å². The van der Waals surface area contributed by atoms with Gasteiger partial charge in [0.15, 0.2) is 0 Å². The number of hydrogen-bond donors (Lipinski definition) is 2. The molecule has 1 rings (SSSR count). The van der Waals surface area contributed by atoms with Crippen molar-refractivity contribution in [3.63, 3.8) is 0 Å². The minimum absolute atomic E-state index is 0.0972. The molecule has 0 aliphatic rings. The minimum Gasteiger partial charge on any atom is -0.354 e. The SMILES string of the molecule is CC(C)CCC(C)NC(=O)CCNS(=O)(=O)c1ccccc1. The molecule has 0 saturated carbocycles. The first-order valence-electron chi connectivity index (χ1n) is 7.65. The summed E-state index contributed by atoms with van der Waals surface area (Å²) in [5.74, 6) is 0.476. The number of hydrogen-bond acceptors (Lipinski definition) is 3. The highest BCUT2D eigenvalue weighted by atomic mass is 32.2. The van der Waals surface area contributed by atoms with E-state index in [-0.39, 0.29) is 29.8 Å². The Balaban J connectivity index is 2.33. The molecule has 2 N–H and O–H groups in total. The second-order valence-corrected chi connectivity index (χ2v) is 7.67. The number of amides is 1. The normalized spacial score (nSPS) is 13.1. The second-order valence-electron chi connectivity index (χ2n) is 5.90. The van der Waals surface area contributed by atoms with Gasteiger partial charge in [-0.3, -0.25) is 4.79 Å². The molecule has 0 fully saturated rings. The highest BCUT2D eigenvalue weighted by Crippen LogP contribution is 2.07. The van der Waals surface area contributed by atoms with Crippen molar-refractivity contribution >= 4 is 15.9 Å². The van der Waals surface area contributed by atoms with Crippen molar-refractivity contribution in [3.05, 3.63) is 30.3 Å². The first-order valence-corrected chi connectivity index (χ1v) is 9.13. The van der Waals surface area contributed by atoms with Crippen LogP contribution in [0, 0.1) is 5.92 Å². The van der Waals surface area contributed by atoms with Crippen molar-refractivity contribution in [1.82, 2.24) is 10.0 Å². The highest BCUT2D eigenvalue weighted by Gasteiger charge is 2.14. The maximum atomic E-state index is 12.0. The fourth-order valence-corrected chi connectivity index (χ4v) is 3.04. The summed E-state index contributed by atoms with van der Waals surface area (Å²) in [6.45, 7) is 6.36. The molecule has 1 aromatic carbocycles. The average Bonchev–Trinajstić information content (AvgIpc) is 2.46. The van der Waals surface area contributed by atoms with Crippen molar-refractivity contribution in [1.29, 1.82) is 0 Å². The zero-order chi connectivity index (χ0) is 16.6. The summed E-state index contributed by atoms with van der Waals surface area (Å²) in [6.07, 6.45) is 2.12. The van der Waals surface area contributed by atoms with Gasteiger partial charge in [0.1, 0.15) is 0 Å². The van der Waals surface area contributed by atoms with Crippen LogP contribution in [0.25, 0.3) is 0 Å². The Hall–Kier alpha value is -1.40. The van der Waals surface area contributed by atoms with Crippen molar-refractivity contribution in [2.75, 3.05) is 6.54 Å². The second kappa shape index (κ2) is 8.90. The van der Waals surface area contributed by atoms with Crippen LogP contribution >= 0.6 is 0 Å². The van der Waals surface area contributed by atoms with Gasteiger partial charge in [-0.15, -0.1) is 0 Å². The summed E-state index contributed by atoms with van der Waals surface area (Å²) < 4.78 is 26.4. The molecule has 22 heavy (non-hydrogen) atoms. The van der Waals surface area contributed by atoms with Gasteiger partial charge in [-0.25, -0.2) is 13.1 Å². The van der Waals surface area contributed by atoms with E-state index in [1.807, 2.05) is 6.92 Å². The number of nitrogens with one attached hydrogen (secondary N) is 2. The van der Waals surface area contributed by atoms with Crippen molar-refractivity contribution < 1.29 is 13.2 Å². The first kappa shape index (κ1) is 18.6. The van der Waals surface area contributed by atoms with Gasteiger partial charge in [0.2, 0.25) is 15.9 Å². The van der Waals surface area contributed by atoms with Gasteiger partial charge in [-0.2, -0.15) is 0 Å². The van der Waals surface area contributed by atoms with E-state index in [1.165, 1.54) is 12.1 Å². The van der Waals surface area contributed by atoms with Gasteiger partial charge in [-0.1, -0.05) is 32.0 Å². The zero-order valence-corrected chi connectivity index (χ0v) is 14.3. The lowest BCUT2D eigenvalue weighted by atomic mass is 10.0.